The highest BCUT2D eigenvalue weighted by Crippen LogP contribution is 2.32. The molecule has 4 nitrogen and oxygen atoms in total. The molecule has 2 aliphatic heterocycles. The largest absolute Gasteiger partial charge is 0.439 e. The third kappa shape index (κ3) is 1.77. The minimum absolute atomic E-state index is 0.220. The molecule has 0 aromatic heterocycles. The molecule has 1 N–H and O–H groups in total. The maximum atomic E-state index is 12.0. The van der Waals surface area contributed by atoms with Crippen LogP contribution in [0.15, 0.2) is 18.2 Å². The van der Waals surface area contributed by atoms with E-state index >= 15 is 0 Å². The molecular formula is C14H18N2O2. The van der Waals surface area contributed by atoms with Crippen molar-refractivity contribution in [1.82, 2.24) is 5.32 Å². The van der Waals surface area contributed by atoms with Gasteiger partial charge in [0.1, 0.15) is 5.60 Å². The number of rotatable bonds is 1. The van der Waals surface area contributed by atoms with Crippen LogP contribution in [0.3, 0.4) is 0 Å². The molecule has 0 radical (unpaired) electrons. The Balaban J connectivity index is 1.88. The first-order chi connectivity index (χ1) is 8.60. The SMILES string of the molecule is Cc1ccc(N2CC3(CCNC3)OC2=O)cc1C. The van der Waals surface area contributed by atoms with Crippen molar-refractivity contribution in [3.8, 4) is 0 Å². The van der Waals surface area contributed by atoms with Crippen LogP contribution in [0.4, 0.5) is 10.5 Å². The quantitative estimate of drug-likeness (QED) is 0.824. The lowest BCUT2D eigenvalue weighted by molar-refractivity contribution is 0.0733. The highest BCUT2D eigenvalue weighted by molar-refractivity contribution is 5.90. The van der Waals surface area contributed by atoms with Crippen molar-refractivity contribution in [3.05, 3.63) is 29.3 Å². The lowest BCUT2D eigenvalue weighted by Gasteiger charge is -2.19. The van der Waals surface area contributed by atoms with Crippen LogP contribution in [0, 0.1) is 13.8 Å². The number of nitrogens with one attached hydrogen (secondary N) is 1. The Morgan fingerprint density at radius 3 is 2.83 bits per heavy atom. The molecule has 0 aliphatic carbocycles. The van der Waals surface area contributed by atoms with E-state index in [0.29, 0.717) is 6.54 Å². The number of amides is 1. The first-order valence-corrected chi connectivity index (χ1v) is 6.38. The molecule has 18 heavy (non-hydrogen) atoms. The van der Waals surface area contributed by atoms with Gasteiger partial charge in [-0.3, -0.25) is 4.90 Å². The zero-order valence-corrected chi connectivity index (χ0v) is 10.8. The van der Waals surface area contributed by atoms with Gasteiger partial charge in [-0.15, -0.1) is 0 Å². The molecular weight excluding hydrogens is 228 g/mol. The van der Waals surface area contributed by atoms with E-state index in [0.717, 1.165) is 25.2 Å². The van der Waals surface area contributed by atoms with Crippen molar-refractivity contribution in [2.75, 3.05) is 24.5 Å². The van der Waals surface area contributed by atoms with Crippen LogP contribution in [0.2, 0.25) is 0 Å². The predicted molar refractivity (Wildman–Crippen MR) is 70.0 cm³/mol. The highest BCUT2D eigenvalue weighted by Gasteiger charge is 2.47. The molecule has 3 rings (SSSR count). The van der Waals surface area contributed by atoms with E-state index in [1.807, 2.05) is 6.07 Å². The van der Waals surface area contributed by atoms with Crippen LogP contribution >= 0.6 is 0 Å². The Kier molecular flexibility index (Phi) is 2.55. The summed E-state index contributed by atoms with van der Waals surface area (Å²) < 4.78 is 5.57. The molecule has 2 saturated heterocycles. The monoisotopic (exact) mass is 246 g/mol. The zero-order chi connectivity index (χ0) is 12.8. The minimum Gasteiger partial charge on any atom is -0.439 e. The molecule has 1 aromatic carbocycles. The smallest absolute Gasteiger partial charge is 0.415 e. The van der Waals surface area contributed by atoms with Gasteiger partial charge < -0.3 is 10.1 Å². The van der Waals surface area contributed by atoms with Crippen LogP contribution in [0.5, 0.6) is 0 Å². The van der Waals surface area contributed by atoms with Crippen molar-refractivity contribution in [2.24, 2.45) is 0 Å². The number of carbonyl (C=O) groups excluding carboxylic acids is 1. The molecule has 2 aliphatic rings. The molecule has 2 fully saturated rings. The molecule has 2 heterocycles. The summed E-state index contributed by atoms with van der Waals surface area (Å²) in [6, 6.07) is 6.10. The number of benzene rings is 1. The third-order valence-corrected chi connectivity index (χ3v) is 3.98. The molecule has 0 saturated carbocycles. The topological polar surface area (TPSA) is 41.6 Å². The van der Waals surface area contributed by atoms with E-state index < -0.39 is 0 Å². The van der Waals surface area contributed by atoms with Crippen molar-refractivity contribution < 1.29 is 9.53 Å². The fourth-order valence-corrected chi connectivity index (χ4v) is 2.66. The van der Waals surface area contributed by atoms with Crippen LogP contribution in [0.25, 0.3) is 0 Å². The summed E-state index contributed by atoms with van der Waals surface area (Å²) in [4.78, 5) is 13.8. The van der Waals surface area contributed by atoms with E-state index in [1.54, 1.807) is 4.90 Å². The van der Waals surface area contributed by atoms with Crippen LogP contribution in [-0.2, 0) is 4.74 Å². The predicted octanol–water partition coefficient (Wildman–Crippen LogP) is 1.99. The Morgan fingerprint density at radius 2 is 2.17 bits per heavy atom. The average molecular weight is 246 g/mol. The first-order valence-electron chi connectivity index (χ1n) is 6.38. The average Bonchev–Trinajstić information content (AvgIpc) is 2.91. The van der Waals surface area contributed by atoms with Gasteiger partial charge in [0.2, 0.25) is 0 Å². The molecule has 1 aromatic rings. The lowest BCUT2D eigenvalue weighted by Crippen LogP contribution is -2.36. The van der Waals surface area contributed by atoms with E-state index in [1.165, 1.54) is 11.1 Å². The molecule has 0 bridgehead atoms. The van der Waals surface area contributed by atoms with Gasteiger partial charge in [0.05, 0.1) is 6.54 Å². The second-order valence-electron chi connectivity index (χ2n) is 5.33. The molecule has 96 valence electrons. The summed E-state index contributed by atoms with van der Waals surface area (Å²) in [7, 11) is 0. The second kappa shape index (κ2) is 3.99. The van der Waals surface area contributed by atoms with E-state index in [2.05, 4.69) is 31.3 Å². The fraction of sp³-hybridized carbons (Fsp3) is 0.500. The third-order valence-electron chi connectivity index (χ3n) is 3.98. The molecule has 4 heteroatoms. The van der Waals surface area contributed by atoms with Gasteiger partial charge in [-0.2, -0.15) is 0 Å². The number of anilines is 1. The molecule has 1 atom stereocenters. The normalized spacial score (nSPS) is 27.0. The minimum atomic E-state index is -0.310. The maximum absolute atomic E-state index is 12.0. The molecule has 1 spiro atoms. The van der Waals surface area contributed by atoms with E-state index in [4.69, 9.17) is 4.74 Å². The summed E-state index contributed by atoms with van der Waals surface area (Å²) in [5.41, 5.74) is 3.07. The Hall–Kier alpha value is -1.55. The van der Waals surface area contributed by atoms with Gasteiger partial charge in [-0.1, -0.05) is 6.07 Å². The van der Waals surface area contributed by atoms with Gasteiger partial charge in [-0.05, 0) is 43.7 Å². The second-order valence-corrected chi connectivity index (χ2v) is 5.33. The summed E-state index contributed by atoms with van der Waals surface area (Å²) in [5.74, 6) is 0. The fourth-order valence-electron chi connectivity index (χ4n) is 2.66. The summed E-state index contributed by atoms with van der Waals surface area (Å²) in [5, 5.41) is 3.26. The van der Waals surface area contributed by atoms with Crippen molar-refractivity contribution in [3.63, 3.8) is 0 Å². The molecule has 1 unspecified atom stereocenters. The van der Waals surface area contributed by atoms with Crippen LogP contribution in [-0.4, -0.2) is 31.3 Å². The number of hydrogen-bond donors (Lipinski definition) is 1. The summed E-state index contributed by atoms with van der Waals surface area (Å²) in [6.45, 7) is 6.48. The van der Waals surface area contributed by atoms with Gasteiger partial charge in [0, 0.05) is 18.7 Å². The van der Waals surface area contributed by atoms with Gasteiger partial charge in [0.15, 0.2) is 0 Å². The van der Waals surface area contributed by atoms with Crippen molar-refractivity contribution in [2.45, 2.75) is 25.9 Å². The van der Waals surface area contributed by atoms with Gasteiger partial charge >= 0.3 is 6.09 Å². The number of aryl methyl sites for hydroxylation is 2. The first kappa shape index (κ1) is 11.5. The maximum Gasteiger partial charge on any atom is 0.415 e. The summed E-state index contributed by atoms with van der Waals surface area (Å²) >= 11 is 0. The van der Waals surface area contributed by atoms with Gasteiger partial charge in [0.25, 0.3) is 0 Å². The van der Waals surface area contributed by atoms with E-state index in [-0.39, 0.29) is 11.7 Å². The standard InChI is InChI=1S/C14H18N2O2/c1-10-3-4-12(7-11(10)2)16-9-14(18-13(16)17)5-6-15-8-14/h3-4,7,15H,5-6,8-9H2,1-2H3. The number of hydrogen-bond acceptors (Lipinski definition) is 3. The number of nitrogens with zero attached hydrogens (tertiary/aromatic N) is 1. The Labute approximate surface area is 107 Å². The Bertz CT molecular complexity index is 493. The van der Waals surface area contributed by atoms with Crippen molar-refractivity contribution in [1.29, 1.82) is 0 Å². The Morgan fingerprint density at radius 1 is 1.33 bits per heavy atom. The number of carbonyl (C=O) groups is 1. The zero-order valence-electron chi connectivity index (χ0n) is 10.8. The highest BCUT2D eigenvalue weighted by atomic mass is 16.6. The lowest BCUT2D eigenvalue weighted by atomic mass is 10.0. The van der Waals surface area contributed by atoms with Crippen LogP contribution in [0.1, 0.15) is 17.5 Å². The molecule has 1 amide bonds. The summed E-state index contributed by atoms with van der Waals surface area (Å²) in [6.07, 6.45) is 0.682. The van der Waals surface area contributed by atoms with Crippen LogP contribution < -0.4 is 10.2 Å². The van der Waals surface area contributed by atoms with Crippen molar-refractivity contribution >= 4 is 11.8 Å². The van der Waals surface area contributed by atoms with Gasteiger partial charge in [-0.25, -0.2) is 4.79 Å². The van der Waals surface area contributed by atoms with E-state index in [9.17, 15) is 4.79 Å². The number of ether oxygens (including phenoxy) is 1.